The van der Waals surface area contributed by atoms with Crippen molar-refractivity contribution in [3.8, 4) is 5.69 Å². The first-order chi connectivity index (χ1) is 17.3. The fourth-order valence-corrected chi connectivity index (χ4v) is 4.76. The van der Waals surface area contributed by atoms with Gasteiger partial charge in [0.2, 0.25) is 11.8 Å². The van der Waals surface area contributed by atoms with E-state index in [4.69, 9.17) is 9.90 Å². The number of aromatic nitrogens is 3. The lowest BCUT2D eigenvalue weighted by Crippen LogP contribution is -2.52. The molecule has 0 spiro atoms. The second-order valence-corrected chi connectivity index (χ2v) is 9.39. The molecule has 0 aliphatic carbocycles. The Labute approximate surface area is 209 Å². The van der Waals surface area contributed by atoms with Gasteiger partial charge in [0.15, 0.2) is 0 Å². The van der Waals surface area contributed by atoms with Crippen LogP contribution in [0.5, 0.6) is 0 Å². The molecule has 2 atom stereocenters. The molecular weight excluding hydrogens is 497 g/mol. The van der Waals surface area contributed by atoms with Gasteiger partial charge in [-0.3, -0.25) is 24.6 Å². The number of piperidine rings is 1. The van der Waals surface area contributed by atoms with E-state index < -0.39 is 24.1 Å². The lowest BCUT2D eigenvalue weighted by atomic mass is 9.95. The number of carbonyl (C=O) groups excluding carboxylic acids is 3. The molecule has 11 nitrogen and oxygen atoms in total. The van der Waals surface area contributed by atoms with Gasteiger partial charge in [-0.15, -0.1) is 5.10 Å². The first kappa shape index (κ1) is 26.3. The number of likely N-dealkylation sites (tertiary alicyclic amines) is 1. The number of rotatable bonds is 3. The molecule has 0 radical (unpaired) electrons. The van der Waals surface area contributed by atoms with Gasteiger partial charge in [0.1, 0.15) is 11.7 Å². The van der Waals surface area contributed by atoms with Crippen molar-refractivity contribution in [1.29, 1.82) is 0 Å². The Hall–Kier alpha value is -3.81. The van der Waals surface area contributed by atoms with E-state index in [1.54, 1.807) is 15.6 Å². The number of hydrogen-bond acceptors (Lipinski definition) is 7. The number of carboxylic acid groups (broad SMARTS) is 1. The van der Waals surface area contributed by atoms with Crippen LogP contribution in [0.4, 0.5) is 13.2 Å². The number of nitrogens with zero attached hydrogens (tertiary/aromatic N) is 5. The van der Waals surface area contributed by atoms with Gasteiger partial charge in [-0.2, -0.15) is 13.2 Å². The molecule has 5 rings (SSSR count). The van der Waals surface area contributed by atoms with E-state index in [0.717, 1.165) is 36.3 Å². The molecule has 0 bridgehead atoms. The lowest BCUT2D eigenvalue weighted by Gasteiger charge is -2.29. The smallest absolute Gasteiger partial charge is 0.475 e. The normalized spacial score (nSPS) is 24.0. The van der Waals surface area contributed by atoms with Crippen LogP contribution in [0.15, 0.2) is 24.4 Å². The van der Waals surface area contributed by atoms with Crippen LogP contribution in [-0.2, 0) is 26.5 Å². The maximum atomic E-state index is 12.8. The molecule has 4 heterocycles. The highest BCUT2D eigenvalue weighted by Crippen LogP contribution is 2.36. The molecule has 2 fully saturated rings. The van der Waals surface area contributed by atoms with E-state index in [-0.39, 0.29) is 23.8 Å². The second kappa shape index (κ2) is 9.57. The summed E-state index contributed by atoms with van der Waals surface area (Å²) < 4.78 is 33.5. The number of halogens is 3. The minimum absolute atomic E-state index is 0.118. The summed E-state index contributed by atoms with van der Waals surface area (Å²) in [7, 11) is 2.11. The zero-order valence-corrected chi connectivity index (χ0v) is 20.1. The number of carboxylic acids is 1. The zero-order chi connectivity index (χ0) is 27.1. The highest BCUT2D eigenvalue weighted by Gasteiger charge is 2.40. The van der Waals surface area contributed by atoms with Crippen LogP contribution < -0.4 is 5.32 Å². The molecule has 3 aliphatic rings. The van der Waals surface area contributed by atoms with Crippen LogP contribution in [0, 0.1) is 0 Å². The van der Waals surface area contributed by atoms with E-state index in [2.05, 4.69) is 34.5 Å². The molecule has 37 heavy (non-hydrogen) atoms. The highest BCUT2D eigenvalue weighted by atomic mass is 19.4. The van der Waals surface area contributed by atoms with Gasteiger partial charge in [-0.1, -0.05) is 5.21 Å². The molecule has 0 saturated carbocycles. The first-order valence-corrected chi connectivity index (χ1v) is 11.5. The van der Waals surface area contributed by atoms with Crippen molar-refractivity contribution < 1.29 is 37.5 Å². The molecule has 1 aromatic heterocycles. The van der Waals surface area contributed by atoms with E-state index in [0.29, 0.717) is 18.5 Å². The third-order valence-corrected chi connectivity index (χ3v) is 7.06. The van der Waals surface area contributed by atoms with E-state index in [9.17, 15) is 27.6 Å². The maximum absolute atomic E-state index is 12.8. The molecule has 2 N–H and O–H groups in total. The number of aliphatic carboxylic acids is 1. The maximum Gasteiger partial charge on any atom is 0.490 e. The first-order valence-electron chi connectivity index (χ1n) is 11.5. The number of hydrogen-bond donors (Lipinski definition) is 2. The van der Waals surface area contributed by atoms with Crippen LogP contribution >= 0.6 is 0 Å². The molecule has 1 unspecified atom stereocenters. The van der Waals surface area contributed by atoms with E-state index >= 15 is 0 Å². The van der Waals surface area contributed by atoms with Crippen LogP contribution in [0.25, 0.3) is 5.69 Å². The Bertz CT molecular complexity index is 1260. The summed E-state index contributed by atoms with van der Waals surface area (Å²) in [5, 5.41) is 18.2. The van der Waals surface area contributed by atoms with Crippen molar-refractivity contribution in [3.05, 3.63) is 41.2 Å². The standard InChI is InChI=1S/C21H24N6O3.C2HF3O2/c1-21(8-3-9-25(21)2)17-12-27(24-23-17)14-4-5-15-13(10-14)11-26(20(15)30)16-6-7-18(28)22-19(16)29;3-2(4,5)1(6)7/h4-5,10,12,16H,3,6-9,11H2,1-2H3,(H,22,28,29);(H,6,7)/t16?,21-;/m1./s1. The van der Waals surface area contributed by atoms with Crippen LogP contribution in [-0.4, -0.2) is 79.4 Å². The van der Waals surface area contributed by atoms with Crippen molar-refractivity contribution in [2.45, 2.75) is 56.9 Å². The SMILES string of the molecule is CN1CCC[C@]1(C)c1cn(-c2ccc3c(c2)CN(C2CCC(=O)NC2=O)C3=O)nn1.O=C(O)C(F)(F)F. The summed E-state index contributed by atoms with van der Waals surface area (Å²) in [6, 6.07) is 4.95. The van der Waals surface area contributed by atoms with Crippen LogP contribution in [0.2, 0.25) is 0 Å². The van der Waals surface area contributed by atoms with Gasteiger partial charge < -0.3 is 10.0 Å². The van der Waals surface area contributed by atoms with Crippen molar-refractivity contribution in [1.82, 2.24) is 30.1 Å². The quantitative estimate of drug-likeness (QED) is 0.580. The van der Waals surface area contributed by atoms with Crippen molar-refractivity contribution in [2.75, 3.05) is 13.6 Å². The van der Waals surface area contributed by atoms with Gasteiger partial charge in [0, 0.05) is 18.5 Å². The lowest BCUT2D eigenvalue weighted by molar-refractivity contribution is -0.192. The van der Waals surface area contributed by atoms with Gasteiger partial charge in [0.05, 0.1) is 17.4 Å². The summed E-state index contributed by atoms with van der Waals surface area (Å²) in [6.07, 6.45) is -0.344. The minimum Gasteiger partial charge on any atom is -0.475 e. The number of fused-ring (bicyclic) bond motifs is 1. The number of alkyl halides is 3. The van der Waals surface area contributed by atoms with Crippen molar-refractivity contribution in [2.24, 2.45) is 0 Å². The largest absolute Gasteiger partial charge is 0.490 e. The summed E-state index contributed by atoms with van der Waals surface area (Å²) >= 11 is 0. The predicted molar refractivity (Wildman–Crippen MR) is 120 cm³/mol. The molecule has 3 aliphatic heterocycles. The number of imide groups is 1. The van der Waals surface area contributed by atoms with E-state index in [1.165, 1.54) is 0 Å². The van der Waals surface area contributed by atoms with Crippen molar-refractivity contribution >= 4 is 23.7 Å². The number of nitrogens with one attached hydrogen (secondary N) is 1. The topological polar surface area (TPSA) is 138 Å². The fraction of sp³-hybridized carbons (Fsp3) is 0.478. The Morgan fingerprint density at radius 1 is 1.24 bits per heavy atom. The third-order valence-electron chi connectivity index (χ3n) is 7.06. The molecule has 14 heteroatoms. The van der Waals surface area contributed by atoms with Crippen LogP contribution in [0.1, 0.15) is 54.2 Å². The van der Waals surface area contributed by atoms with Gasteiger partial charge in [-0.25, -0.2) is 9.48 Å². The Kier molecular flexibility index (Phi) is 6.79. The summed E-state index contributed by atoms with van der Waals surface area (Å²) in [4.78, 5) is 49.2. The number of benzene rings is 1. The molecule has 2 aromatic rings. The second-order valence-electron chi connectivity index (χ2n) is 9.39. The highest BCUT2D eigenvalue weighted by molar-refractivity contribution is 6.05. The molecule has 1 aromatic carbocycles. The van der Waals surface area contributed by atoms with E-state index in [1.807, 2.05) is 18.3 Å². The number of carbonyl (C=O) groups is 4. The van der Waals surface area contributed by atoms with Crippen molar-refractivity contribution in [3.63, 3.8) is 0 Å². The minimum atomic E-state index is -5.08. The van der Waals surface area contributed by atoms with Crippen LogP contribution in [0.3, 0.4) is 0 Å². The molecular formula is C23H25F3N6O5. The van der Waals surface area contributed by atoms with Gasteiger partial charge >= 0.3 is 12.1 Å². The summed E-state index contributed by atoms with van der Waals surface area (Å²) in [6.45, 7) is 3.57. The summed E-state index contributed by atoms with van der Waals surface area (Å²) in [5.41, 5.74) is 3.08. The Balaban J connectivity index is 0.000000405. The Morgan fingerprint density at radius 3 is 2.54 bits per heavy atom. The molecule has 2 saturated heterocycles. The average molecular weight is 522 g/mol. The zero-order valence-electron chi connectivity index (χ0n) is 20.1. The Morgan fingerprint density at radius 2 is 1.95 bits per heavy atom. The third kappa shape index (κ3) is 5.05. The molecule has 3 amide bonds. The fourth-order valence-electron chi connectivity index (χ4n) is 4.76. The van der Waals surface area contributed by atoms with Gasteiger partial charge in [0.25, 0.3) is 5.91 Å². The average Bonchev–Trinajstić information content (AvgIpc) is 3.53. The summed E-state index contributed by atoms with van der Waals surface area (Å²) in [5.74, 6) is -3.62. The monoisotopic (exact) mass is 522 g/mol. The van der Waals surface area contributed by atoms with Gasteiger partial charge in [-0.05, 0) is 63.5 Å². The molecule has 198 valence electrons. The predicted octanol–water partition coefficient (Wildman–Crippen LogP) is 1.60. The number of amides is 3.